The summed E-state index contributed by atoms with van der Waals surface area (Å²) in [5, 5.41) is 26.6. The number of carbonyl (C=O) groups is 3. The monoisotopic (exact) mass is 460 g/mol. The number of aromatic amines is 1. The zero-order chi connectivity index (χ0) is 24.7. The Bertz CT molecular complexity index is 1460. The standard InChI is InChI=1S/C24H20N4O6/c1-12(19-13(2)25-27(21(19)29)17-8-4-15(5-9-17)23(31)32)20-14(3)26-28(22(20)30)18-10-6-16(7-11-18)24(33)34/h4-11,25H,1-3H3,(H,31,32)(H,33,34). The van der Waals surface area contributed by atoms with E-state index in [-0.39, 0.29) is 16.7 Å². The summed E-state index contributed by atoms with van der Waals surface area (Å²) in [6, 6.07) is 11.6. The first-order chi connectivity index (χ1) is 16.1. The quantitative estimate of drug-likeness (QED) is 0.499. The number of rotatable bonds is 5. The molecule has 0 spiro atoms. The Morgan fingerprint density at radius 2 is 1.35 bits per heavy atom. The minimum atomic E-state index is -1.08. The van der Waals surface area contributed by atoms with Gasteiger partial charge in [-0.15, -0.1) is 0 Å². The number of carbonyl (C=O) groups excluding carboxylic acids is 1. The molecule has 0 atom stereocenters. The Kier molecular flexibility index (Phi) is 5.50. The SMILES string of the molecule is CC1=NN(c2ccc(C(=O)O)cc2)C(=O)C1=C(C)c1c(C)[nH]n(-c2ccc(C(=O)O)cc2)c1=O. The van der Waals surface area contributed by atoms with Gasteiger partial charge >= 0.3 is 11.9 Å². The molecular weight excluding hydrogens is 440 g/mol. The van der Waals surface area contributed by atoms with Crippen LogP contribution >= 0.6 is 0 Å². The molecule has 1 aliphatic heterocycles. The van der Waals surface area contributed by atoms with Crippen LogP contribution in [0.4, 0.5) is 5.69 Å². The van der Waals surface area contributed by atoms with Crippen LogP contribution in [0.1, 0.15) is 45.8 Å². The van der Waals surface area contributed by atoms with Gasteiger partial charge in [0.15, 0.2) is 0 Å². The summed E-state index contributed by atoms with van der Waals surface area (Å²) in [6.07, 6.45) is 0. The van der Waals surface area contributed by atoms with E-state index in [9.17, 15) is 19.2 Å². The largest absolute Gasteiger partial charge is 0.478 e. The first kappa shape index (κ1) is 22.5. The number of aryl methyl sites for hydroxylation is 1. The van der Waals surface area contributed by atoms with Crippen LogP contribution in [-0.4, -0.2) is 43.6 Å². The third-order valence-electron chi connectivity index (χ3n) is 5.57. The molecular formula is C24H20N4O6. The summed E-state index contributed by atoms with van der Waals surface area (Å²) in [7, 11) is 0. The second-order valence-electron chi connectivity index (χ2n) is 7.76. The molecule has 1 aliphatic rings. The zero-order valence-corrected chi connectivity index (χ0v) is 18.5. The van der Waals surface area contributed by atoms with Gasteiger partial charge in [-0.25, -0.2) is 14.3 Å². The number of allylic oxidation sites excluding steroid dienone is 1. The van der Waals surface area contributed by atoms with Gasteiger partial charge in [0, 0.05) is 5.69 Å². The molecule has 34 heavy (non-hydrogen) atoms. The first-order valence-corrected chi connectivity index (χ1v) is 10.2. The Morgan fingerprint density at radius 3 is 1.85 bits per heavy atom. The van der Waals surface area contributed by atoms with Crippen molar-refractivity contribution in [3.05, 3.63) is 86.8 Å². The summed E-state index contributed by atoms with van der Waals surface area (Å²) in [5.41, 5.74) is 2.61. The number of aromatic carboxylic acids is 2. The van der Waals surface area contributed by atoms with Crippen molar-refractivity contribution in [2.24, 2.45) is 5.10 Å². The number of carboxylic acid groups (broad SMARTS) is 2. The van der Waals surface area contributed by atoms with Crippen molar-refractivity contribution in [3.63, 3.8) is 0 Å². The molecule has 2 aromatic carbocycles. The molecule has 3 aromatic rings. The highest BCUT2D eigenvalue weighted by atomic mass is 16.4. The second kappa shape index (κ2) is 8.32. The molecule has 3 N–H and O–H groups in total. The maximum atomic E-state index is 13.2. The van der Waals surface area contributed by atoms with Crippen LogP contribution in [0.5, 0.6) is 0 Å². The van der Waals surface area contributed by atoms with Gasteiger partial charge in [-0.2, -0.15) is 10.1 Å². The van der Waals surface area contributed by atoms with Gasteiger partial charge in [0.25, 0.3) is 11.5 Å². The number of aromatic nitrogens is 2. The summed E-state index contributed by atoms with van der Waals surface area (Å²) in [6.45, 7) is 5.03. The van der Waals surface area contributed by atoms with Gasteiger partial charge in [-0.3, -0.25) is 14.7 Å². The number of anilines is 1. The molecule has 4 rings (SSSR count). The zero-order valence-electron chi connectivity index (χ0n) is 18.5. The Balaban J connectivity index is 1.73. The molecule has 10 heteroatoms. The predicted molar refractivity (Wildman–Crippen MR) is 125 cm³/mol. The van der Waals surface area contributed by atoms with E-state index in [1.165, 1.54) is 58.2 Å². The van der Waals surface area contributed by atoms with Crippen molar-refractivity contribution in [3.8, 4) is 5.69 Å². The van der Waals surface area contributed by atoms with Crippen molar-refractivity contribution in [2.45, 2.75) is 20.8 Å². The van der Waals surface area contributed by atoms with Crippen LogP contribution in [0.15, 0.2) is 64.0 Å². The van der Waals surface area contributed by atoms with E-state index >= 15 is 0 Å². The highest BCUT2D eigenvalue weighted by molar-refractivity contribution is 6.33. The van der Waals surface area contributed by atoms with Gasteiger partial charge in [0.2, 0.25) is 0 Å². The maximum absolute atomic E-state index is 13.2. The number of hydrogen-bond donors (Lipinski definition) is 3. The molecule has 0 saturated heterocycles. The molecule has 0 aliphatic carbocycles. The lowest BCUT2D eigenvalue weighted by molar-refractivity contribution is -0.114. The fraction of sp³-hybridized carbons (Fsp3) is 0.125. The normalized spacial score (nSPS) is 14.9. The maximum Gasteiger partial charge on any atom is 0.335 e. The second-order valence-corrected chi connectivity index (χ2v) is 7.76. The van der Waals surface area contributed by atoms with Crippen LogP contribution in [0.25, 0.3) is 11.3 Å². The number of nitrogens with one attached hydrogen (secondary N) is 1. The van der Waals surface area contributed by atoms with Crippen LogP contribution in [0.2, 0.25) is 0 Å². The van der Waals surface area contributed by atoms with Crippen LogP contribution in [0.3, 0.4) is 0 Å². The third kappa shape index (κ3) is 3.71. The lowest BCUT2D eigenvalue weighted by atomic mass is 9.99. The smallest absolute Gasteiger partial charge is 0.335 e. The van der Waals surface area contributed by atoms with Crippen molar-refractivity contribution in [1.29, 1.82) is 0 Å². The molecule has 0 radical (unpaired) electrons. The topological polar surface area (TPSA) is 145 Å². The summed E-state index contributed by atoms with van der Waals surface area (Å²) in [4.78, 5) is 48.6. The number of carboxylic acids is 2. The van der Waals surface area contributed by atoms with Gasteiger partial charge in [0.1, 0.15) is 0 Å². The lowest BCUT2D eigenvalue weighted by Gasteiger charge is -2.12. The average Bonchev–Trinajstić information content (AvgIpc) is 3.27. The Labute approximate surface area is 193 Å². The minimum absolute atomic E-state index is 0.0860. The predicted octanol–water partition coefficient (Wildman–Crippen LogP) is 3.07. The van der Waals surface area contributed by atoms with Gasteiger partial charge in [-0.05, 0) is 74.9 Å². The van der Waals surface area contributed by atoms with Gasteiger partial charge in [0.05, 0.1) is 39.3 Å². The number of amides is 1. The van der Waals surface area contributed by atoms with E-state index in [1.54, 1.807) is 20.8 Å². The van der Waals surface area contributed by atoms with Crippen molar-refractivity contribution in [2.75, 3.05) is 5.01 Å². The molecule has 0 fully saturated rings. The lowest BCUT2D eigenvalue weighted by Crippen LogP contribution is -2.23. The molecule has 1 amide bonds. The van der Waals surface area contributed by atoms with E-state index in [1.807, 2.05) is 0 Å². The van der Waals surface area contributed by atoms with Crippen LogP contribution in [0, 0.1) is 6.92 Å². The van der Waals surface area contributed by atoms with Crippen LogP contribution in [-0.2, 0) is 4.79 Å². The summed E-state index contributed by atoms with van der Waals surface area (Å²) >= 11 is 0. The van der Waals surface area contributed by atoms with Gasteiger partial charge < -0.3 is 10.2 Å². The molecule has 10 nitrogen and oxygen atoms in total. The number of hydrazone groups is 1. The molecule has 1 aromatic heterocycles. The van der Waals surface area contributed by atoms with Crippen molar-refractivity contribution in [1.82, 2.24) is 9.78 Å². The fourth-order valence-electron chi connectivity index (χ4n) is 3.91. The third-order valence-corrected chi connectivity index (χ3v) is 5.57. The Hall–Kier alpha value is -4.73. The highest BCUT2D eigenvalue weighted by Gasteiger charge is 2.32. The number of hydrogen-bond acceptors (Lipinski definition) is 5. The fourth-order valence-corrected chi connectivity index (χ4v) is 3.91. The van der Waals surface area contributed by atoms with E-state index in [0.717, 1.165) is 0 Å². The molecule has 0 bridgehead atoms. The van der Waals surface area contributed by atoms with Crippen molar-refractivity contribution >= 4 is 34.8 Å². The van der Waals surface area contributed by atoms with Crippen molar-refractivity contribution < 1.29 is 24.6 Å². The number of nitrogens with zero attached hydrogens (tertiary/aromatic N) is 3. The average molecular weight is 460 g/mol. The molecule has 2 heterocycles. The minimum Gasteiger partial charge on any atom is -0.478 e. The molecule has 0 saturated carbocycles. The van der Waals surface area contributed by atoms with Crippen LogP contribution < -0.4 is 10.6 Å². The number of H-pyrrole nitrogens is 1. The van der Waals surface area contributed by atoms with E-state index < -0.39 is 23.4 Å². The molecule has 172 valence electrons. The molecule has 0 unspecified atom stereocenters. The van der Waals surface area contributed by atoms with E-state index in [0.29, 0.717) is 33.9 Å². The van der Waals surface area contributed by atoms with E-state index in [2.05, 4.69) is 10.2 Å². The van der Waals surface area contributed by atoms with E-state index in [4.69, 9.17) is 10.2 Å². The highest BCUT2D eigenvalue weighted by Crippen LogP contribution is 2.29. The summed E-state index contributed by atoms with van der Waals surface area (Å²) in [5.74, 6) is -2.58. The first-order valence-electron chi connectivity index (χ1n) is 10.2. The summed E-state index contributed by atoms with van der Waals surface area (Å²) < 4.78 is 1.29. The Morgan fingerprint density at radius 1 is 0.853 bits per heavy atom. The number of benzene rings is 2. The van der Waals surface area contributed by atoms with Gasteiger partial charge in [-0.1, -0.05) is 0 Å².